The molecule has 2 rings (SSSR count). The Hall–Kier alpha value is -2.53. The first kappa shape index (κ1) is 13.9. The Bertz CT molecular complexity index is 677. The van der Waals surface area contributed by atoms with E-state index in [0.29, 0.717) is 22.2 Å². The summed E-state index contributed by atoms with van der Waals surface area (Å²) in [4.78, 5) is 19.7. The minimum Gasteiger partial charge on any atom is -0.354 e. The Balaban J connectivity index is 2.46. The lowest BCUT2D eigenvalue weighted by Gasteiger charge is -2.04. The van der Waals surface area contributed by atoms with E-state index >= 15 is 0 Å². The van der Waals surface area contributed by atoms with Crippen LogP contribution in [0.1, 0.15) is 18.2 Å². The van der Waals surface area contributed by atoms with Crippen molar-refractivity contribution in [3.63, 3.8) is 0 Å². The van der Waals surface area contributed by atoms with Gasteiger partial charge in [0, 0.05) is 6.54 Å². The molecule has 0 bridgehead atoms. The SMILES string of the molecule is CCCNc1ncc([N+](=O)[O-])c(-c2ccc(C#N)s2)n1. The molecule has 2 aromatic rings. The van der Waals surface area contributed by atoms with Gasteiger partial charge >= 0.3 is 5.69 Å². The van der Waals surface area contributed by atoms with E-state index in [1.807, 2.05) is 13.0 Å². The van der Waals surface area contributed by atoms with Gasteiger partial charge in [-0.2, -0.15) is 5.26 Å². The van der Waals surface area contributed by atoms with Crippen LogP contribution in [0.15, 0.2) is 18.3 Å². The van der Waals surface area contributed by atoms with E-state index in [1.165, 1.54) is 17.5 Å². The zero-order valence-corrected chi connectivity index (χ0v) is 11.5. The summed E-state index contributed by atoms with van der Waals surface area (Å²) in [6, 6.07) is 5.28. The standard InChI is InChI=1S/C12H11N5O2S/c1-2-5-14-12-15-7-9(17(18)19)11(16-12)10-4-3-8(6-13)20-10/h3-4,7H,2,5H2,1H3,(H,14,15,16). The van der Waals surface area contributed by atoms with Crippen LogP contribution in [-0.2, 0) is 0 Å². The summed E-state index contributed by atoms with van der Waals surface area (Å²) in [5, 5.41) is 22.9. The molecule has 0 aromatic carbocycles. The molecule has 0 unspecified atom stereocenters. The number of nitro groups is 1. The lowest BCUT2D eigenvalue weighted by molar-refractivity contribution is -0.384. The summed E-state index contributed by atoms with van der Waals surface area (Å²) in [7, 11) is 0. The van der Waals surface area contributed by atoms with E-state index in [9.17, 15) is 10.1 Å². The molecule has 0 saturated heterocycles. The van der Waals surface area contributed by atoms with Gasteiger partial charge in [0.05, 0.1) is 9.80 Å². The van der Waals surface area contributed by atoms with Crippen LogP contribution in [0.2, 0.25) is 0 Å². The highest BCUT2D eigenvalue weighted by molar-refractivity contribution is 7.16. The highest BCUT2D eigenvalue weighted by Crippen LogP contribution is 2.33. The average Bonchev–Trinajstić information content (AvgIpc) is 2.93. The molecule has 0 fully saturated rings. The molecule has 2 heterocycles. The van der Waals surface area contributed by atoms with Gasteiger partial charge < -0.3 is 5.32 Å². The Morgan fingerprint density at radius 1 is 1.55 bits per heavy atom. The van der Waals surface area contributed by atoms with Gasteiger partial charge in [0.2, 0.25) is 5.95 Å². The molecule has 0 saturated carbocycles. The van der Waals surface area contributed by atoms with Gasteiger partial charge in [0.25, 0.3) is 0 Å². The first-order chi connectivity index (χ1) is 9.65. The van der Waals surface area contributed by atoms with Crippen molar-refractivity contribution < 1.29 is 4.92 Å². The Morgan fingerprint density at radius 2 is 2.35 bits per heavy atom. The minimum atomic E-state index is -0.523. The van der Waals surface area contributed by atoms with Crippen LogP contribution < -0.4 is 5.32 Å². The number of anilines is 1. The van der Waals surface area contributed by atoms with Crippen LogP contribution in [0.25, 0.3) is 10.6 Å². The fourth-order valence-corrected chi connectivity index (χ4v) is 2.34. The third-order valence-corrected chi connectivity index (χ3v) is 3.45. The van der Waals surface area contributed by atoms with Crippen molar-refractivity contribution in [2.75, 3.05) is 11.9 Å². The number of hydrogen-bond donors (Lipinski definition) is 1. The quantitative estimate of drug-likeness (QED) is 0.670. The lowest BCUT2D eigenvalue weighted by atomic mass is 10.3. The summed E-state index contributed by atoms with van der Waals surface area (Å²) in [5.41, 5.74) is 0.0634. The van der Waals surface area contributed by atoms with Gasteiger partial charge in [-0.05, 0) is 18.6 Å². The summed E-state index contributed by atoms with van der Waals surface area (Å²) >= 11 is 1.17. The fraction of sp³-hybridized carbons (Fsp3) is 0.250. The third kappa shape index (κ3) is 2.89. The zero-order valence-electron chi connectivity index (χ0n) is 10.7. The normalized spacial score (nSPS) is 10.0. The second kappa shape index (κ2) is 6.08. The molecule has 0 aliphatic rings. The number of nitrogens with zero attached hydrogens (tertiary/aromatic N) is 4. The van der Waals surface area contributed by atoms with Gasteiger partial charge in [-0.3, -0.25) is 10.1 Å². The molecule has 0 aliphatic heterocycles. The summed E-state index contributed by atoms with van der Waals surface area (Å²) in [5.74, 6) is 0.347. The van der Waals surface area contributed by atoms with Crippen molar-refractivity contribution in [3.8, 4) is 16.6 Å². The second-order valence-electron chi connectivity index (χ2n) is 3.89. The predicted molar refractivity (Wildman–Crippen MR) is 75.5 cm³/mol. The van der Waals surface area contributed by atoms with Crippen LogP contribution in [0, 0.1) is 21.4 Å². The number of aromatic nitrogens is 2. The van der Waals surface area contributed by atoms with Crippen LogP contribution in [0.3, 0.4) is 0 Å². The Morgan fingerprint density at radius 3 is 2.95 bits per heavy atom. The van der Waals surface area contributed by atoms with Gasteiger partial charge in [-0.1, -0.05) is 6.92 Å². The predicted octanol–water partition coefficient (Wildman–Crippen LogP) is 2.81. The molecular weight excluding hydrogens is 278 g/mol. The van der Waals surface area contributed by atoms with Crippen LogP contribution in [0.5, 0.6) is 0 Å². The van der Waals surface area contributed by atoms with Crippen LogP contribution in [-0.4, -0.2) is 21.4 Å². The summed E-state index contributed by atoms with van der Waals surface area (Å²) in [6.07, 6.45) is 2.08. The number of nitrogens with one attached hydrogen (secondary N) is 1. The van der Waals surface area contributed by atoms with E-state index in [4.69, 9.17) is 5.26 Å². The number of hydrogen-bond acceptors (Lipinski definition) is 7. The number of nitriles is 1. The average molecular weight is 289 g/mol. The minimum absolute atomic E-state index is 0.168. The molecule has 0 aliphatic carbocycles. The van der Waals surface area contributed by atoms with Crippen LogP contribution in [0.4, 0.5) is 11.6 Å². The van der Waals surface area contributed by atoms with E-state index in [0.717, 1.165) is 6.42 Å². The molecule has 102 valence electrons. The van der Waals surface area contributed by atoms with E-state index in [2.05, 4.69) is 15.3 Å². The van der Waals surface area contributed by atoms with Gasteiger partial charge in [-0.15, -0.1) is 11.3 Å². The third-order valence-electron chi connectivity index (χ3n) is 2.45. The number of thiophene rings is 1. The maximum Gasteiger partial charge on any atom is 0.314 e. The Kier molecular flexibility index (Phi) is 4.22. The van der Waals surface area contributed by atoms with Gasteiger partial charge in [0.15, 0.2) is 5.69 Å². The molecule has 0 amide bonds. The molecule has 1 N–H and O–H groups in total. The maximum absolute atomic E-state index is 11.0. The van der Waals surface area contributed by atoms with Crippen molar-refractivity contribution in [3.05, 3.63) is 33.3 Å². The molecule has 0 radical (unpaired) electrons. The fourth-order valence-electron chi connectivity index (χ4n) is 1.54. The van der Waals surface area contributed by atoms with Crippen molar-refractivity contribution in [2.45, 2.75) is 13.3 Å². The summed E-state index contributed by atoms with van der Waals surface area (Å²) < 4.78 is 0. The first-order valence-corrected chi connectivity index (χ1v) is 6.73. The van der Waals surface area contributed by atoms with Crippen molar-refractivity contribution in [2.24, 2.45) is 0 Å². The maximum atomic E-state index is 11.0. The molecule has 20 heavy (non-hydrogen) atoms. The zero-order chi connectivity index (χ0) is 14.5. The van der Waals surface area contributed by atoms with Gasteiger partial charge in [0.1, 0.15) is 17.1 Å². The lowest BCUT2D eigenvalue weighted by Crippen LogP contribution is -2.06. The van der Waals surface area contributed by atoms with Crippen molar-refractivity contribution >= 4 is 23.0 Å². The second-order valence-corrected chi connectivity index (χ2v) is 4.97. The van der Waals surface area contributed by atoms with Gasteiger partial charge in [-0.25, -0.2) is 9.97 Å². The molecular formula is C12H11N5O2S. The highest BCUT2D eigenvalue weighted by atomic mass is 32.1. The Labute approximate surface area is 119 Å². The largest absolute Gasteiger partial charge is 0.354 e. The van der Waals surface area contributed by atoms with E-state index in [-0.39, 0.29) is 11.4 Å². The molecule has 2 aromatic heterocycles. The summed E-state index contributed by atoms with van der Waals surface area (Å²) in [6.45, 7) is 2.68. The first-order valence-electron chi connectivity index (χ1n) is 5.91. The van der Waals surface area contributed by atoms with Crippen molar-refractivity contribution in [1.29, 1.82) is 5.26 Å². The molecule has 0 spiro atoms. The highest BCUT2D eigenvalue weighted by Gasteiger charge is 2.20. The molecule has 0 atom stereocenters. The molecule has 8 heteroatoms. The molecule has 7 nitrogen and oxygen atoms in total. The van der Waals surface area contributed by atoms with E-state index < -0.39 is 4.92 Å². The topological polar surface area (TPSA) is 105 Å². The smallest absolute Gasteiger partial charge is 0.314 e. The van der Waals surface area contributed by atoms with Crippen molar-refractivity contribution in [1.82, 2.24) is 9.97 Å². The van der Waals surface area contributed by atoms with Crippen LogP contribution >= 0.6 is 11.3 Å². The number of rotatable bonds is 5. The monoisotopic (exact) mass is 289 g/mol. The van der Waals surface area contributed by atoms with E-state index in [1.54, 1.807) is 12.1 Å².